The molecule has 2 N–H and O–H groups in total. The van der Waals surface area contributed by atoms with Crippen molar-refractivity contribution in [3.05, 3.63) is 41.9 Å². The molecule has 1 aromatic rings. The van der Waals surface area contributed by atoms with Crippen LogP contribution in [0.5, 0.6) is 0 Å². The first-order valence-electron chi connectivity index (χ1n) is 4.41. The number of hydrogen-bond donors (Lipinski definition) is 1. The highest BCUT2D eigenvalue weighted by atomic mass is 14.8. The van der Waals surface area contributed by atoms with Crippen molar-refractivity contribution in [3.63, 3.8) is 0 Å². The molecule has 0 atom stereocenters. The van der Waals surface area contributed by atoms with Crippen LogP contribution in [-0.4, -0.2) is 6.54 Å². The summed E-state index contributed by atoms with van der Waals surface area (Å²) in [6.45, 7) is 5.37. The molecule has 0 aliphatic heterocycles. The van der Waals surface area contributed by atoms with Gasteiger partial charge in [-0.25, -0.2) is 0 Å². The summed E-state index contributed by atoms with van der Waals surface area (Å²) in [5.74, 6) is 0. The molecule has 0 aromatic heterocycles. The molecule has 0 saturated carbocycles. The van der Waals surface area contributed by atoms with E-state index in [0.717, 1.165) is 13.0 Å². The zero-order chi connectivity index (χ0) is 8.97. The molecule has 0 radical (unpaired) electrons. The normalized spacial score (nSPS) is 10.2. The van der Waals surface area contributed by atoms with Crippen LogP contribution in [0.25, 0.3) is 0 Å². The molecule has 0 saturated heterocycles. The highest BCUT2D eigenvalue weighted by Gasteiger charge is 1.97. The summed E-state index contributed by atoms with van der Waals surface area (Å²) in [5.41, 5.74) is 4.19. The highest BCUT2D eigenvalue weighted by molar-refractivity contribution is 5.30. The molecule has 1 rings (SSSR count). The first kappa shape index (κ1) is 9.27. The van der Waals surface area contributed by atoms with Gasteiger partial charge in [0, 0.05) is 6.42 Å². The average Bonchev–Trinajstić information content (AvgIpc) is 2.03. The third-order valence-corrected chi connectivity index (χ3v) is 2.12. The van der Waals surface area contributed by atoms with Crippen molar-refractivity contribution in [3.8, 4) is 0 Å². The van der Waals surface area contributed by atoms with E-state index in [1.165, 1.54) is 16.7 Å². The van der Waals surface area contributed by atoms with E-state index in [1.54, 1.807) is 0 Å². The van der Waals surface area contributed by atoms with Gasteiger partial charge >= 0.3 is 0 Å². The lowest BCUT2D eigenvalue weighted by Gasteiger charge is -2.06. The highest BCUT2D eigenvalue weighted by Crippen LogP contribution is 2.09. The predicted molar refractivity (Wildman–Crippen MR) is 51.8 cm³/mol. The van der Waals surface area contributed by atoms with Gasteiger partial charge in [-0.3, -0.25) is 0 Å². The van der Waals surface area contributed by atoms with E-state index in [1.807, 2.05) is 5.32 Å². The van der Waals surface area contributed by atoms with E-state index in [9.17, 15) is 0 Å². The Morgan fingerprint density at radius 2 is 2.08 bits per heavy atom. The molecular formula is C11H17N. The fraction of sp³-hybridized carbons (Fsp3) is 0.364. The maximum absolute atomic E-state index is 3.72. The molecule has 0 fully saturated rings. The molecule has 66 valence electrons. The van der Waals surface area contributed by atoms with Crippen LogP contribution < -0.4 is 5.32 Å². The van der Waals surface area contributed by atoms with E-state index in [4.69, 9.17) is 0 Å². The summed E-state index contributed by atoms with van der Waals surface area (Å²) in [4.78, 5) is 0. The number of nitrogens with two attached hydrogens (primary N) is 1. The Hall–Kier alpha value is -0.820. The molecule has 0 aliphatic rings. The Kier molecular flexibility index (Phi) is 3.30. The van der Waals surface area contributed by atoms with Crippen molar-refractivity contribution in [1.82, 2.24) is 0 Å². The predicted octanol–water partition coefficient (Wildman–Crippen LogP) is 1.20. The Morgan fingerprint density at radius 1 is 1.33 bits per heavy atom. The fourth-order valence-corrected chi connectivity index (χ4v) is 1.38. The smallest absolute Gasteiger partial charge is 0.0556 e. The molecule has 1 aromatic carbocycles. The second-order valence-electron chi connectivity index (χ2n) is 3.26. The maximum atomic E-state index is 3.72. The van der Waals surface area contributed by atoms with E-state index < -0.39 is 0 Å². The molecule has 0 aliphatic carbocycles. The molecule has 0 spiro atoms. The zero-order valence-corrected chi connectivity index (χ0v) is 7.93. The van der Waals surface area contributed by atoms with Gasteiger partial charge in [0.1, 0.15) is 0 Å². The quantitative estimate of drug-likeness (QED) is 0.645. The van der Waals surface area contributed by atoms with Crippen molar-refractivity contribution >= 4 is 0 Å². The van der Waals surface area contributed by atoms with Gasteiger partial charge in [-0.2, -0.15) is 7.05 Å². The number of quaternary nitrogens is 1. The lowest BCUT2D eigenvalue weighted by molar-refractivity contribution is -0.594. The first-order valence-corrected chi connectivity index (χ1v) is 4.41. The van der Waals surface area contributed by atoms with Crippen LogP contribution in [0.4, 0.5) is 0 Å². The minimum absolute atomic E-state index is 1.07. The van der Waals surface area contributed by atoms with Gasteiger partial charge in [0.05, 0.1) is 6.54 Å². The molecule has 1 heteroatoms. The van der Waals surface area contributed by atoms with Crippen LogP contribution in [0.1, 0.15) is 16.7 Å². The number of benzene rings is 1. The molecule has 0 bridgehead atoms. The summed E-state index contributed by atoms with van der Waals surface area (Å²) in [5, 5.41) is 1.97. The molecular weight excluding hydrogens is 146 g/mol. The SMILES string of the molecule is [CH2-][NH2+]CCc1ccc(C)cc1C. The van der Waals surface area contributed by atoms with Gasteiger partial charge < -0.3 is 5.32 Å². The van der Waals surface area contributed by atoms with Gasteiger partial charge in [-0.1, -0.05) is 23.8 Å². The Morgan fingerprint density at radius 3 is 2.67 bits per heavy atom. The van der Waals surface area contributed by atoms with Gasteiger partial charge in [0.2, 0.25) is 0 Å². The third kappa shape index (κ3) is 2.35. The lowest BCUT2D eigenvalue weighted by atomic mass is 10.0. The van der Waals surface area contributed by atoms with Crippen LogP contribution in [0.15, 0.2) is 18.2 Å². The van der Waals surface area contributed by atoms with Crippen LogP contribution in [0.2, 0.25) is 0 Å². The largest absolute Gasteiger partial charge is 0.479 e. The van der Waals surface area contributed by atoms with E-state index in [0.29, 0.717) is 0 Å². The number of aryl methyl sites for hydroxylation is 2. The number of hydrogen-bond acceptors (Lipinski definition) is 0. The molecule has 12 heavy (non-hydrogen) atoms. The average molecular weight is 163 g/mol. The maximum Gasteiger partial charge on any atom is 0.0556 e. The summed E-state index contributed by atoms with van der Waals surface area (Å²) < 4.78 is 0. The van der Waals surface area contributed by atoms with Crippen LogP contribution in [0.3, 0.4) is 0 Å². The van der Waals surface area contributed by atoms with Crippen molar-refractivity contribution in [2.75, 3.05) is 6.54 Å². The monoisotopic (exact) mass is 163 g/mol. The fourth-order valence-electron chi connectivity index (χ4n) is 1.38. The van der Waals surface area contributed by atoms with E-state index in [2.05, 4.69) is 39.1 Å². The van der Waals surface area contributed by atoms with Gasteiger partial charge in [0.15, 0.2) is 0 Å². The molecule has 0 amide bonds. The topological polar surface area (TPSA) is 16.6 Å². The van der Waals surface area contributed by atoms with Gasteiger partial charge in [-0.05, 0) is 25.0 Å². The van der Waals surface area contributed by atoms with Crippen LogP contribution >= 0.6 is 0 Å². The Labute approximate surface area is 74.8 Å². The van der Waals surface area contributed by atoms with Crippen molar-refractivity contribution in [2.24, 2.45) is 0 Å². The molecule has 1 nitrogen and oxygen atoms in total. The zero-order valence-electron chi connectivity index (χ0n) is 7.93. The van der Waals surface area contributed by atoms with Gasteiger partial charge in [0.25, 0.3) is 0 Å². The standard InChI is InChI=1S/C11H17N/c1-9-4-5-11(6-7-12-3)10(2)8-9/h4-5,8H,3,6-7,12H2,1-2H3. The second kappa shape index (κ2) is 4.27. The molecule has 0 heterocycles. The summed E-state index contributed by atoms with van der Waals surface area (Å²) in [7, 11) is 3.72. The first-order chi connectivity index (χ1) is 5.74. The minimum atomic E-state index is 1.07. The Bertz CT molecular complexity index is 253. The van der Waals surface area contributed by atoms with E-state index >= 15 is 0 Å². The third-order valence-electron chi connectivity index (χ3n) is 2.12. The lowest BCUT2D eigenvalue weighted by Crippen LogP contribution is -2.77. The summed E-state index contributed by atoms with van der Waals surface area (Å²) in [6, 6.07) is 6.62. The summed E-state index contributed by atoms with van der Waals surface area (Å²) >= 11 is 0. The van der Waals surface area contributed by atoms with Crippen molar-refractivity contribution in [2.45, 2.75) is 20.3 Å². The van der Waals surface area contributed by atoms with Gasteiger partial charge in [-0.15, -0.1) is 0 Å². The summed E-state index contributed by atoms with van der Waals surface area (Å²) in [6.07, 6.45) is 1.12. The Balaban J connectivity index is 2.72. The second-order valence-corrected chi connectivity index (χ2v) is 3.26. The van der Waals surface area contributed by atoms with Crippen molar-refractivity contribution < 1.29 is 5.32 Å². The van der Waals surface area contributed by atoms with Crippen LogP contribution in [0, 0.1) is 20.9 Å². The van der Waals surface area contributed by atoms with E-state index in [-0.39, 0.29) is 0 Å². The number of rotatable bonds is 3. The van der Waals surface area contributed by atoms with Crippen molar-refractivity contribution in [1.29, 1.82) is 0 Å². The molecule has 0 unspecified atom stereocenters. The van der Waals surface area contributed by atoms with Crippen LogP contribution in [-0.2, 0) is 6.42 Å². The minimum Gasteiger partial charge on any atom is -0.479 e.